The van der Waals surface area contributed by atoms with Gasteiger partial charge in [-0.3, -0.25) is 4.98 Å². The molecule has 0 radical (unpaired) electrons. The Morgan fingerprint density at radius 2 is 1.59 bits per heavy atom. The number of carbonyl (C=O) groups is 1. The second kappa shape index (κ2) is 12.9. The first-order valence-electron chi connectivity index (χ1n) is 16.1. The Hall–Kier alpha value is -3.59. The van der Waals surface area contributed by atoms with Gasteiger partial charge in [0.25, 0.3) is 5.92 Å². The van der Waals surface area contributed by atoms with Crippen molar-refractivity contribution in [1.82, 2.24) is 4.98 Å². The van der Waals surface area contributed by atoms with Gasteiger partial charge in [-0.25, -0.2) is 18.0 Å². The van der Waals surface area contributed by atoms with Gasteiger partial charge in [0.1, 0.15) is 11.6 Å². The Labute approximate surface area is 270 Å². The van der Waals surface area contributed by atoms with E-state index in [-0.39, 0.29) is 18.3 Å². The predicted octanol–water partition coefficient (Wildman–Crippen LogP) is 8.56. The largest absolute Gasteiger partial charge is 0.493 e. The minimum Gasteiger partial charge on any atom is -0.493 e. The summed E-state index contributed by atoms with van der Waals surface area (Å²) in [5.74, 6) is -2.74. The van der Waals surface area contributed by atoms with Crippen LogP contribution in [0.15, 0.2) is 48.5 Å². The molecule has 1 unspecified atom stereocenters. The van der Waals surface area contributed by atoms with Crippen LogP contribution >= 0.6 is 0 Å². The lowest BCUT2D eigenvalue weighted by Crippen LogP contribution is -2.39. The first-order valence-corrected chi connectivity index (χ1v) is 16.1. The first kappa shape index (κ1) is 33.8. The van der Waals surface area contributed by atoms with Crippen molar-refractivity contribution in [2.24, 2.45) is 5.41 Å². The van der Waals surface area contributed by atoms with Gasteiger partial charge in [0, 0.05) is 53.9 Å². The van der Waals surface area contributed by atoms with E-state index >= 15 is 0 Å². The Balaban J connectivity index is 1.53. The summed E-state index contributed by atoms with van der Waals surface area (Å²) in [4.78, 5) is 20.7. The number of piperidine rings is 1. The minimum atomic E-state index is -2.62. The van der Waals surface area contributed by atoms with Gasteiger partial charge in [0.05, 0.1) is 24.0 Å². The van der Waals surface area contributed by atoms with E-state index in [1.54, 1.807) is 26.0 Å². The van der Waals surface area contributed by atoms with Crippen molar-refractivity contribution in [2.45, 2.75) is 97.9 Å². The van der Waals surface area contributed by atoms with Gasteiger partial charge in [-0.2, -0.15) is 0 Å². The highest BCUT2D eigenvalue weighted by Gasteiger charge is 2.70. The molecule has 0 N–H and O–H groups in total. The summed E-state index contributed by atoms with van der Waals surface area (Å²) in [5, 5.41) is 0. The van der Waals surface area contributed by atoms with Crippen LogP contribution in [0.25, 0.3) is 11.1 Å². The molecule has 1 aliphatic carbocycles. The third-order valence-corrected chi connectivity index (χ3v) is 8.84. The number of rotatable bonds is 10. The fourth-order valence-electron chi connectivity index (χ4n) is 6.44. The molecule has 1 saturated heterocycles. The molecule has 2 aromatic carbocycles. The maximum atomic E-state index is 14.4. The maximum absolute atomic E-state index is 14.4. The molecule has 0 bridgehead atoms. The van der Waals surface area contributed by atoms with E-state index in [1.165, 1.54) is 12.1 Å². The molecule has 0 amide bonds. The Kier molecular flexibility index (Phi) is 9.47. The molecular weight excluding hydrogens is 593 g/mol. The molecule has 248 valence electrons. The minimum absolute atomic E-state index is 0.0684. The lowest BCUT2D eigenvalue weighted by molar-refractivity contribution is -0.171. The number of ether oxygens (including phenoxy) is 3. The summed E-state index contributed by atoms with van der Waals surface area (Å²) in [5.41, 5.74) is 3.77. The number of aryl methyl sites for hydroxylation is 2. The number of benzene rings is 2. The van der Waals surface area contributed by atoms with Gasteiger partial charge in [-0.1, -0.05) is 24.3 Å². The topological polar surface area (TPSA) is 60.9 Å². The lowest BCUT2D eigenvalue weighted by Gasteiger charge is -2.39. The van der Waals surface area contributed by atoms with Crippen molar-refractivity contribution in [1.29, 1.82) is 0 Å². The zero-order chi connectivity index (χ0) is 33.4. The predicted molar refractivity (Wildman–Crippen MR) is 173 cm³/mol. The van der Waals surface area contributed by atoms with Crippen LogP contribution in [0.1, 0.15) is 82.5 Å². The summed E-state index contributed by atoms with van der Waals surface area (Å²) in [6.45, 7) is 14.3. The molecule has 6 nitrogen and oxygen atoms in total. The molecule has 9 heteroatoms. The number of hydrogen-bond acceptors (Lipinski definition) is 6. The van der Waals surface area contributed by atoms with E-state index in [0.717, 1.165) is 28.1 Å². The first-order chi connectivity index (χ1) is 21.6. The Morgan fingerprint density at radius 3 is 2.13 bits per heavy atom. The average molecular weight is 639 g/mol. The zero-order valence-electron chi connectivity index (χ0n) is 27.9. The van der Waals surface area contributed by atoms with Gasteiger partial charge >= 0.3 is 5.97 Å². The number of nitrogens with zero attached hydrogens (tertiary/aromatic N) is 2. The average Bonchev–Trinajstić information content (AvgIpc) is 3.51. The second-order valence-corrected chi connectivity index (χ2v) is 13.9. The van der Waals surface area contributed by atoms with E-state index in [0.29, 0.717) is 56.0 Å². The number of esters is 1. The van der Waals surface area contributed by atoms with E-state index in [1.807, 2.05) is 58.9 Å². The van der Waals surface area contributed by atoms with Crippen molar-refractivity contribution < 1.29 is 32.2 Å². The standard InChI is InChI=1S/C37H45F3N2O4/c1-23(2)45-34(43)33(46-35(5,6)7)31-25(4)41-24(3)30(32(31)42-19-17-36(18-20-42)22-37(36,39)40)27-10-14-29(15-11-27)44-21-16-26-8-12-28(38)13-9-26/h8-15,23,33H,16-22H2,1-7H3. The lowest BCUT2D eigenvalue weighted by atomic mass is 9.89. The van der Waals surface area contributed by atoms with Crippen LogP contribution in [0.5, 0.6) is 5.75 Å². The number of alkyl halides is 2. The van der Waals surface area contributed by atoms with E-state index in [2.05, 4.69) is 4.90 Å². The smallest absolute Gasteiger partial charge is 0.340 e. The van der Waals surface area contributed by atoms with Crippen LogP contribution in [-0.2, 0) is 20.7 Å². The van der Waals surface area contributed by atoms with Crippen molar-refractivity contribution >= 4 is 11.7 Å². The highest BCUT2D eigenvalue weighted by molar-refractivity contribution is 5.88. The third kappa shape index (κ3) is 7.35. The highest BCUT2D eigenvalue weighted by atomic mass is 19.3. The molecule has 1 saturated carbocycles. The van der Waals surface area contributed by atoms with Crippen LogP contribution in [0.3, 0.4) is 0 Å². The second-order valence-electron chi connectivity index (χ2n) is 13.9. The molecule has 5 rings (SSSR count). The van der Waals surface area contributed by atoms with Gasteiger partial charge in [-0.15, -0.1) is 0 Å². The molecule has 46 heavy (non-hydrogen) atoms. The molecule has 1 spiro atoms. The van der Waals surface area contributed by atoms with Crippen LogP contribution in [0.2, 0.25) is 0 Å². The van der Waals surface area contributed by atoms with Crippen LogP contribution in [-0.4, -0.2) is 48.3 Å². The molecule has 2 aliphatic rings. The quantitative estimate of drug-likeness (QED) is 0.208. The number of halogens is 3. The summed E-state index contributed by atoms with van der Waals surface area (Å²) >= 11 is 0. The molecular formula is C37H45F3N2O4. The van der Waals surface area contributed by atoms with Gasteiger partial charge < -0.3 is 19.1 Å². The van der Waals surface area contributed by atoms with Crippen molar-refractivity contribution in [2.75, 3.05) is 24.6 Å². The summed E-state index contributed by atoms with van der Waals surface area (Å²) in [6, 6.07) is 14.0. The van der Waals surface area contributed by atoms with E-state index in [4.69, 9.17) is 19.2 Å². The maximum Gasteiger partial charge on any atom is 0.340 e. The fraction of sp³-hybridized carbons (Fsp3) is 0.514. The normalized spacial score (nSPS) is 17.7. The van der Waals surface area contributed by atoms with Gasteiger partial charge in [0.2, 0.25) is 0 Å². The molecule has 1 aliphatic heterocycles. The molecule has 2 fully saturated rings. The summed E-state index contributed by atoms with van der Waals surface area (Å²) in [6.07, 6.45) is -0.142. The van der Waals surface area contributed by atoms with E-state index in [9.17, 15) is 18.0 Å². The molecule has 1 aromatic heterocycles. The SMILES string of the molecule is Cc1nc(C)c(C(OC(C)(C)C)C(=O)OC(C)C)c(N2CCC3(CC2)CC3(F)F)c1-c1ccc(OCCc2ccc(F)cc2)cc1. The molecule has 1 atom stereocenters. The number of hydrogen-bond donors (Lipinski definition) is 0. The summed E-state index contributed by atoms with van der Waals surface area (Å²) in [7, 11) is 0. The number of aromatic nitrogens is 1. The van der Waals surface area contributed by atoms with E-state index < -0.39 is 29.0 Å². The number of pyridine rings is 1. The van der Waals surface area contributed by atoms with Gasteiger partial charge in [-0.05, 0) is 96.7 Å². The monoisotopic (exact) mass is 638 g/mol. The fourth-order valence-corrected chi connectivity index (χ4v) is 6.44. The Bertz CT molecular complexity index is 1540. The Morgan fingerprint density at radius 1 is 0.978 bits per heavy atom. The van der Waals surface area contributed by atoms with Crippen LogP contribution in [0, 0.1) is 25.1 Å². The van der Waals surface area contributed by atoms with Crippen molar-refractivity contribution in [3.05, 3.63) is 76.9 Å². The van der Waals surface area contributed by atoms with Gasteiger partial charge in [0.15, 0.2) is 6.10 Å². The number of carbonyl (C=O) groups excluding carboxylic acids is 1. The van der Waals surface area contributed by atoms with Crippen LogP contribution < -0.4 is 9.64 Å². The molecule has 2 heterocycles. The molecule has 3 aromatic rings. The third-order valence-electron chi connectivity index (χ3n) is 8.84. The van der Waals surface area contributed by atoms with Crippen LogP contribution in [0.4, 0.5) is 18.9 Å². The highest BCUT2D eigenvalue weighted by Crippen LogP contribution is 2.66. The zero-order valence-corrected chi connectivity index (χ0v) is 27.9. The van der Waals surface area contributed by atoms with Crippen molar-refractivity contribution in [3.63, 3.8) is 0 Å². The number of anilines is 1. The van der Waals surface area contributed by atoms with Crippen molar-refractivity contribution in [3.8, 4) is 16.9 Å². The summed E-state index contributed by atoms with van der Waals surface area (Å²) < 4.78 is 60.2.